The highest BCUT2D eigenvalue weighted by atomic mass is 16.6. The lowest BCUT2D eigenvalue weighted by molar-refractivity contribution is -0.383. The van der Waals surface area contributed by atoms with E-state index in [1.165, 1.54) is 0 Å². The fraction of sp³-hybridized carbons (Fsp3) is 0. The van der Waals surface area contributed by atoms with Gasteiger partial charge < -0.3 is 0 Å². The molecule has 148 valence electrons. The fourth-order valence-electron chi connectivity index (χ4n) is 4.13. The Kier molecular flexibility index (Phi) is 4.77. The minimum atomic E-state index is -0.266. The SMILES string of the molecule is O=[N+]([O-])c1c(-c2ccccc2)cc(-c2ccc3cccccc2-3)cc1-c1ccccc1. The average Bonchev–Trinajstić information content (AvgIpc) is 3.07. The number of nitrogens with zero attached hydrogens (tertiary/aromatic N) is 1. The highest BCUT2D eigenvalue weighted by Crippen LogP contribution is 2.44. The van der Waals surface area contributed by atoms with Gasteiger partial charge in [-0.15, -0.1) is 0 Å². The number of rotatable bonds is 4. The van der Waals surface area contributed by atoms with Crippen molar-refractivity contribution >= 4 is 5.69 Å². The Morgan fingerprint density at radius 1 is 0.452 bits per heavy atom. The Bertz CT molecular complexity index is 1280. The summed E-state index contributed by atoms with van der Waals surface area (Å²) in [5.74, 6) is 0. The zero-order valence-corrected chi connectivity index (χ0v) is 16.7. The molecule has 3 heteroatoms. The van der Waals surface area contributed by atoms with Crippen molar-refractivity contribution in [2.75, 3.05) is 0 Å². The van der Waals surface area contributed by atoms with Crippen LogP contribution in [0.5, 0.6) is 0 Å². The van der Waals surface area contributed by atoms with E-state index in [1.807, 2.05) is 91.0 Å². The first-order valence-electron chi connectivity index (χ1n) is 10.1. The molecule has 0 saturated carbocycles. The Labute approximate surface area is 180 Å². The lowest BCUT2D eigenvalue weighted by Crippen LogP contribution is -1.97. The molecule has 0 saturated heterocycles. The van der Waals surface area contributed by atoms with Crippen LogP contribution in [-0.2, 0) is 0 Å². The summed E-state index contributed by atoms with van der Waals surface area (Å²) in [6.45, 7) is 0. The molecule has 0 radical (unpaired) electrons. The smallest absolute Gasteiger partial charge is 0.258 e. The van der Waals surface area contributed by atoms with Crippen LogP contribution in [0.2, 0.25) is 0 Å². The van der Waals surface area contributed by atoms with E-state index in [0.29, 0.717) is 11.1 Å². The molecule has 0 atom stereocenters. The highest BCUT2D eigenvalue weighted by Gasteiger charge is 2.24. The molecule has 0 N–H and O–H groups in total. The highest BCUT2D eigenvalue weighted by molar-refractivity contribution is 5.94. The zero-order valence-electron chi connectivity index (χ0n) is 16.7. The molecule has 31 heavy (non-hydrogen) atoms. The molecule has 0 bridgehead atoms. The second-order valence-corrected chi connectivity index (χ2v) is 7.44. The van der Waals surface area contributed by atoms with Gasteiger partial charge in [0.15, 0.2) is 0 Å². The summed E-state index contributed by atoms with van der Waals surface area (Å²) in [6.07, 6.45) is 0. The lowest BCUT2D eigenvalue weighted by atomic mass is 9.90. The Balaban J connectivity index is 1.84. The van der Waals surface area contributed by atoms with Crippen molar-refractivity contribution in [1.82, 2.24) is 0 Å². The van der Waals surface area contributed by atoms with Gasteiger partial charge in [0.05, 0.1) is 16.1 Å². The van der Waals surface area contributed by atoms with Gasteiger partial charge >= 0.3 is 0 Å². The molecule has 0 aliphatic heterocycles. The maximum Gasteiger partial charge on any atom is 0.284 e. The van der Waals surface area contributed by atoms with Crippen LogP contribution in [0.15, 0.2) is 115 Å². The average molecular weight is 401 g/mol. The molecule has 0 heterocycles. The Morgan fingerprint density at radius 3 is 1.35 bits per heavy atom. The minimum Gasteiger partial charge on any atom is -0.258 e. The normalized spacial score (nSPS) is 10.8. The van der Waals surface area contributed by atoms with Crippen molar-refractivity contribution < 1.29 is 4.92 Å². The third kappa shape index (κ3) is 3.47. The van der Waals surface area contributed by atoms with Gasteiger partial charge in [-0.05, 0) is 45.5 Å². The number of nitro groups is 1. The summed E-state index contributed by atoms with van der Waals surface area (Å²) in [5.41, 5.74) is 7.32. The third-order valence-corrected chi connectivity index (χ3v) is 5.56. The summed E-state index contributed by atoms with van der Waals surface area (Å²) in [6, 6.07) is 37.5. The number of benzene rings is 3. The largest absolute Gasteiger partial charge is 0.284 e. The van der Waals surface area contributed by atoms with Crippen LogP contribution in [0, 0.1) is 10.1 Å². The van der Waals surface area contributed by atoms with Gasteiger partial charge in [-0.3, -0.25) is 10.1 Å². The first-order valence-corrected chi connectivity index (χ1v) is 10.1. The molecule has 3 nitrogen and oxygen atoms in total. The van der Waals surface area contributed by atoms with E-state index in [1.54, 1.807) is 0 Å². The van der Waals surface area contributed by atoms with Gasteiger partial charge in [-0.1, -0.05) is 103 Å². The number of fused-ring (bicyclic) bond motifs is 1. The molecule has 0 fully saturated rings. The van der Waals surface area contributed by atoms with Crippen molar-refractivity contribution in [3.05, 3.63) is 125 Å². The maximum absolute atomic E-state index is 12.2. The first kappa shape index (κ1) is 18.8. The molecule has 5 rings (SSSR count). The van der Waals surface area contributed by atoms with Crippen molar-refractivity contribution in [3.8, 4) is 44.5 Å². The molecule has 2 aliphatic carbocycles. The van der Waals surface area contributed by atoms with Gasteiger partial charge in [0.25, 0.3) is 5.69 Å². The van der Waals surface area contributed by atoms with Crippen molar-refractivity contribution in [1.29, 1.82) is 0 Å². The van der Waals surface area contributed by atoms with E-state index in [2.05, 4.69) is 24.3 Å². The number of nitro benzene ring substituents is 1. The second-order valence-electron chi connectivity index (χ2n) is 7.44. The topological polar surface area (TPSA) is 43.1 Å². The van der Waals surface area contributed by atoms with Crippen molar-refractivity contribution in [3.63, 3.8) is 0 Å². The van der Waals surface area contributed by atoms with Gasteiger partial charge in [-0.25, -0.2) is 0 Å². The fourth-order valence-corrected chi connectivity index (χ4v) is 4.13. The van der Waals surface area contributed by atoms with E-state index in [0.717, 1.165) is 33.4 Å². The minimum absolute atomic E-state index is 0.127. The van der Waals surface area contributed by atoms with Gasteiger partial charge in [-0.2, -0.15) is 0 Å². The van der Waals surface area contributed by atoms with E-state index in [-0.39, 0.29) is 10.6 Å². The number of hydrogen-bond acceptors (Lipinski definition) is 2. The van der Waals surface area contributed by atoms with Crippen molar-refractivity contribution in [2.45, 2.75) is 0 Å². The summed E-state index contributed by atoms with van der Waals surface area (Å²) in [5, 5.41) is 12.2. The molecule has 2 aliphatic rings. The van der Waals surface area contributed by atoms with E-state index >= 15 is 0 Å². The molecular weight excluding hydrogens is 382 g/mol. The van der Waals surface area contributed by atoms with E-state index in [4.69, 9.17) is 0 Å². The van der Waals surface area contributed by atoms with Gasteiger partial charge in [0.1, 0.15) is 0 Å². The summed E-state index contributed by atoms with van der Waals surface area (Å²) < 4.78 is 0. The van der Waals surface area contributed by atoms with Crippen LogP contribution in [-0.4, -0.2) is 4.92 Å². The van der Waals surface area contributed by atoms with Crippen LogP contribution in [0.25, 0.3) is 44.5 Å². The first-order chi connectivity index (χ1) is 15.2. The van der Waals surface area contributed by atoms with Gasteiger partial charge in [0.2, 0.25) is 0 Å². The van der Waals surface area contributed by atoms with Crippen molar-refractivity contribution in [2.24, 2.45) is 0 Å². The Hall–Kier alpha value is -4.24. The number of hydrogen-bond donors (Lipinski definition) is 0. The van der Waals surface area contributed by atoms with Gasteiger partial charge in [0, 0.05) is 0 Å². The molecule has 0 spiro atoms. The summed E-state index contributed by atoms with van der Waals surface area (Å²) in [7, 11) is 0. The van der Waals surface area contributed by atoms with E-state index < -0.39 is 0 Å². The van der Waals surface area contributed by atoms with Crippen LogP contribution in [0.1, 0.15) is 0 Å². The van der Waals surface area contributed by atoms with Crippen LogP contribution in [0.4, 0.5) is 5.69 Å². The molecule has 0 unspecified atom stereocenters. The quantitative estimate of drug-likeness (QED) is 0.229. The summed E-state index contributed by atoms with van der Waals surface area (Å²) in [4.78, 5) is 12.0. The predicted octanol–water partition coefficient (Wildman–Crippen LogP) is 7.70. The lowest BCUT2D eigenvalue weighted by Gasteiger charge is -2.13. The molecule has 0 aromatic heterocycles. The van der Waals surface area contributed by atoms with Crippen LogP contribution in [0.3, 0.4) is 0 Å². The summed E-state index contributed by atoms with van der Waals surface area (Å²) >= 11 is 0. The molecule has 3 aromatic rings. The maximum atomic E-state index is 12.2. The predicted molar refractivity (Wildman–Crippen MR) is 126 cm³/mol. The Morgan fingerprint density at radius 2 is 0.871 bits per heavy atom. The standard InChI is InChI=1S/C28H19NO2/c30-29(31)28-26(20-10-4-1-5-11-20)18-23(19-27(28)21-12-6-2-7-13-21)25-17-16-22-14-8-3-9-15-24(22)25/h1-19H. The second kappa shape index (κ2) is 7.88. The molecule has 0 amide bonds. The van der Waals surface area contributed by atoms with Crippen LogP contribution >= 0.6 is 0 Å². The third-order valence-electron chi connectivity index (χ3n) is 5.56. The van der Waals surface area contributed by atoms with Crippen LogP contribution < -0.4 is 0 Å². The molecular formula is C28H19NO2. The van der Waals surface area contributed by atoms with E-state index in [9.17, 15) is 10.1 Å². The molecule has 3 aromatic carbocycles. The zero-order chi connectivity index (χ0) is 21.2. The monoisotopic (exact) mass is 401 g/mol.